The number of thiophene rings is 1. The van der Waals surface area contributed by atoms with Gasteiger partial charge in [0.15, 0.2) is 0 Å². The van der Waals surface area contributed by atoms with Gasteiger partial charge in [-0.05, 0) is 28.9 Å². The molecule has 4 nitrogen and oxygen atoms in total. The molecule has 0 fully saturated rings. The number of aryl methyl sites for hydroxylation is 1. The molecule has 0 radical (unpaired) electrons. The number of hydrogen-bond acceptors (Lipinski definition) is 5. The van der Waals surface area contributed by atoms with Gasteiger partial charge in [-0.2, -0.15) is 4.31 Å². The molecular weight excluding hydrogens is 404 g/mol. The van der Waals surface area contributed by atoms with Crippen molar-refractivity contribution in [3.05, 3.63) is 30.8 Å². The molecule has 2 aromatic rings. The quantitative estimate of drug-likeness (QED) is 0.697. The van der Waals surface area contributed by atoms with Crippen molar-refractivity contribution in [1.82, 2.24) is 9.29 Å². The standard InChI is InChI=1S/C11H12BrClN2O2S3/c1-7-9(18-6-14-7)5-15(2)20(16,17)10-3-8(4-13)19-11(10)12/h3,6H,4-5H2,1-2H3. The zero-order valence-electron chi connectivity index (χ0n) is 10.8. The lowest BCUT2D eigenvalue weighted by atomic mass is 10.4. The number of thiazole rings is 1. The molecule has 0 aliphatic heterocycles. The van der Waals surface area contributed by atoms with Crippen molar-refractivity contribution in [3.8, 4) is 0 Å². The van der Waals surface area contributed by atoms with Gasteiger partial charge in [-0.3, -0.25) is 0 Å². The molecule has 0 aromatic carbocycles. The highest BCUT2D eigenvalue weighted by Crippen LogP contribution is 2.34. The van der Waals surface area contributed by atoms with Gasteiger partial charge in [-0.15, -0.1) is 34.3 Å². The van der Waals surface area contributed by atoms with Crippen molar-refractivity contribution in [2.45, 2.75) is 24.2 Å². The molecule has 0 bridgehead atoms. The van der Waals surface area contributed by atoms with E-state index in [1.54, 1.807) is 18.6 Å². The Kier molecular flexibility index (Phi) is 5.25. The molecule has 110 valence electrons. The summed E-state index contributed by atoms with van der Waals surface area (Å²) in [6, 6.07) is 1.62. The third kappa shape index (κ3) is 3.26. The Hall–Kier alpha value is 0.01000. The van der Waals surface area contributed by atoms with Crippen LogP contribution in [0.2, 0.25) is 0 Å². The van der Waals surface area contributed by atoms with Gasteiger partial charge in [0.2, 0.25) is 10.0 Å². The van der Waals surface area contributed by atoms with Gasteiger partial charge in [0.05, 0.1) is 20.9 Å². The first-order chi connectivity index (χ1) is 9.36. The van der Waals surface area contributed by atoms with Gasteiger partial charge >= 0.3 is 0 Å². The summed E-state index contributed by atoms with van der Waals surface area (Å²) >= 11 is 11.8. The van der Waals surface area contributed by atoms with Crippen LogP contribution in [0, 0.1) is 6.92 Å². The summed E-state index contributed by atoms with van der Waals surface area (Å²) in [5.41, 5.74) is 2.58. The molecular formula is C11H12BrClN2O2S3. The summed E-state index contributed by atoms with van der Waals surface area (Å²) in [5.74, 6) is 0.302. The second-order valence-corrected chi connectivity index (χ2v) is 9.78. The Balaban J connectivity index is 2.29. The van der Waals surface area contributed by atoms with Crippen LogP contribution in [0.1, 0.15) is 15.4 Å². The lowest BCUT2D eigenvalue weighted by Crippen LogP contribution is -2.26. The van der Waals surface area contributed by atoms with Crippen molar-refractivity contribution in [1.29, 1.82) is 0 Å². The van der Waals surface area contributed by atoms with Gasteiger partial charge in [0, 0.05) is 23.3 Å². The Morgan fingerprint density at radius 1 is 1.50 bits per heavy atom. The first-order valence-electron chi connectivity index (χ1n) is 5.55. The third-order valence-electron chi connectivity index (χ3n) is 2.74. The van der Waals surface area contributed by atoms with E-state index in [-0.39, 0.29) is 4.90 Å². The summed E-state index contributed by atoms with van der Waals surface area (Å²) in [6.45, 7) is 2.19. The van der Waals surface area contributed by atoms with Crippen LogP contribution < -0.4 is 0 Å². The summed E-state index contributed by atoms with van der Waals surface area (Å²) < 4.78 is 27.0. The highest BCUT2D eigenvalue weighted by Gasteiger charge is 2.26. The van der Waals surface area contributed by atoms with Crippen LogP contribution in [0.4, 0.5) is 0 Å². The number of sulfonamides is 1. The first kappa shape index (κ1) is 16.4. The summed E-state index contributed by atoms with van der Waals surface area (Å²) in [5, 5.41) is 0. The van der Waals surface area contributed by atoms with Crippen LogP contribution >= 0.6 is 50.2 Å². The Bertz CT molecular complexity index is 711. The number of nitrogens with zero attached hydrogens (tertiary/aromatic N) is 2. The molecule has 0 saturated heterocycles. The molecule has 2 heterocycles. The molecule has 2 aromatic heterocycles. The van der Waals surface area contributed by atoms with Crippen LogP contribution in [-0.2, 0) is 22.4 Å². The monoisotopic (exact) mass is 414 g/mol. The van der Waals surface area contributed by atoms with Crippen molar-refractivity contribution >= 4 is 60.2 Å². The van der Waals surface area contributed by atoms with Crippen molar-refractivity contribution in [2.24, 2.45) is 0 Å². The predicted octanol–water partition coefficient (Wildman–Crippen LogP) is 3.84. The zero-order chi connectivity index (χ0) is 14.9. The fourth-order valence-electron chi connectivity index (χ4n) is 1.57. The maximum Gasteiger partial charge on any atom is 0.245 e. The Morgan fingerprint density at radius 2 is 2.20 bits per heavy atom. The summed E-state index contributed by atoms with van der Waals surface area (Å²) in [7, 11) is -1.97. The highest BCUT2D eigenvalue weighted by atomic mass is 79.9. The van der Waals surface area contributed by atoms with Gasteiger partial charge in [0.1, 0.15) is 4.90 Å². The van der Waals surface area contributed by atoms with E-state index in [0.717, 1.165) is 15.4 Å². The van der Waals surface area contributed by atoms with Gasteiger partial charge < -0.3 is 0 Å². The molecule has 0 aliphatic rings. The summed E-state index contributed by atoms with van der Waals surface area (Å²) in [6.07, 6.45) is 0. The molecule has 0 amide bonds. The number of hydrogen-bond donors (Lipinski definition) is 0. The topological polar surface area (TPSA) is 50.3 Å². The average molecular weight is 416 g/mol. The molecule has 2 rings (SSSR count). The highest BCUT2D eigenvalue weighted by molar-refractivity contribution is 9.11. The number of halogens is 2. The molecule has 0 N–H and O–H groups in total. The lowest BCUT2D eigenvalue weighted by Gasteiger charge is -2.16. The Labute approximate surface area is 139 Å². The second-order valence-electron chi connectivity index (χ2n) is 4.11. The van der Waals surface area contributed by atoms with E-state index in [2.05, 4.69) is 20.9 Å². The van der Waals surface area contributed by atoms with Gasteiger partial charge in [-0.1, -0.05) is 0 Å². The second kappa shape index (κ2) is 6.41. The number of aromatic nitrogens is 1. The van der Waals surface area contributed by atoms with Gasteiger partial charge in [0.25, 0.3) is 0 Å². The van der Waals surface area contributed by atoms with E-state index >= 15 is 0 Å². The normalized spacial score (nSPS) is 12.2. The van der Waals surface area contributed by atoms with Crippen molar-refractivity contribution in [3.63, 3.8) is 0 Å². The minimum absolute atomic E-state index is 0.266. The first-order valence-corrected chi connectivity index (χ1v) is 10.0. The SMILES string of the molecule is Cc1ncsc1CN(C)S(=O)(=O)c1cc(CCl)sc1Br. The third-order valence-corrected chi connectivity index (χ3v) is 8.16. The molecule has 0 unspecified atom stereocenters. The number of alkyl halides is 1. The van der Waals surface area contributed by atoms with Crippen LogP contribution in [0.25, 0.3) is 0 Å². The average Bonchev–Trinajstić information content (AvgIpc) is 2.96. The summed E-state index contributed by atoms with van der Waals surface area (Å²) in [4.78, 5) is 6.16. The molecule has 9 heteroatoms. The van der Waals surface area contributed by atoms with Crippen LogP contribution in [0.5, 0.6) is 0 Å². The lowest BCUT2D eigenvalue weighted by molar-refractivity contribution is 0.468. The van der Waals surface area contributed by atoms with Gasteiger partial charge in [-0.25, -0.2) is 13.4 Å². The zero-order valence-corrected chi connectivity index (χ0v) is 15.6. The van der Waals surface area contributed by atoms with Crippen LogP contribution in [-0.4, -0.2) is 24.8 Å². The largest absolute Gasteiger partial charge is 0.250 e. The fourth-order valence-corrected chi connectivity index (χ4v) is 6.34. The van der Waals surface area contributed by atoms with Crippen LogP contribution in [0.3, 0.4) is 0 Å². The van der Waals surface area contributed by atoms with Crippen molar-refractivity contribution < 1.29 is 8.42 Å². The van der Waals surface area contributed by atoms with Crippen molar-refractivity contribution in [2.75, 3.05) is 7.05 Å². The molecule has 0 spiro atoms. The van der Waals surface area contributed by atoms with E-state index in [4.69, 9.17) is 11.6 Å². The predicted molar refractivity (Wildman–Crippen MR) is 87.1 cm³/mol. The van der Waals surface area contributed by atoms with Crippen LogP contribution in [0.15, 0.2) is 20.3 Å². The Morgan fingerprint density at radius 3 is 2.70 bits per heavy atom. The minimum atomic E-state index is -3.53. The van der Waals surface area contributed by atoms with E-state index in [1.807, 2.05) is 6.92 Å². The maximum absolute atomic E-state index is 12.6. The molecule has 20 heavy (non-hydrogen) atoms. The fraction of sp³-hybridized carbons (Fsp3) is 0.364. The minimum Gasteiger partial charge on any atom is -0.250 e. The smallest absolute Gasteiger partial charge is 0.245 e. The molecule has 0 atom stereocenters. The van der Waals surface area contributed by atoms with E-state index in [9.17, 15) is 8.42 Å². The molecule has 0 aliphatic carbocycles. The molecule has 0 saturated carbocycles. The maximum atomic E-state index is 12.6. The van der Waals surface area contributed by atoms with E-state index < -0.39 is 10.0 Å². The van der Waals surface area contributed by atoms with E-state index in [0.29, 0.717) is 16.2 Å². The number of rotatable bonds is 5. The van der Waals surface area contributed by atoms with E-state index in [1.165, 1.54) is 27.0 Å².